The van der Waals surface area contributed by atoms with Gasteiger partial charge in [-0.05, 0) is 42.0 Å². The Labute approximate surface area is 202 Å². The van der Waals surface area contributed by atoms with Gasteiger partial charge in [0.15, 0.2) is 12.2 Å². The molecule has 0 saturated carbocycles. The fourth-order valence-electron chi connectivity index (χ4n) is 4.32. The van der Waals surface area contributed by atoms with Crippen molar-refractivity contribution in [3.63, 3.8) is 0 Å². The third-order valence-electron chi connectivity index (χ3n) is 6.02. The molecule has 1 aliphatic carbocycles. The molecule has 0 spiro atoms. The summed E-state index contributed by atoms with van der Waals surface area (Å²) in [6, 6.07) is 26.0. The number of nitrogens with zero attached hydrogens (tertiary/aromatic N) is 1. The molecular formula is C28H23NO6. The van der Waals surface area contributed by atoms with Gasteiger partial charge in [0, 0.05) is 6.54 Å². The zero-order valence-electron chi connectivity index (χ0n) is 18.7. The molecule has 4 atom stereocenters. The van der Waals surface area contributed by atoms with Crippen LogP contribution >= 0.6 is 0 Å². The molecule has 2 aliphatic rings. The van der Waals surface area contributed by atoms with Crippen molar-refractivity contribution in [3.05, 3.63) is 120 Å². The van der Waals surface area contributed by atoms with Gasteiger partial charge in [0.25, 0.3) is 0 Å². The Balaban J connectivity index is 1.42. The lowest BCUT2D eigenvalue weighted by molar-refractivity contribution is -0.0292. The highest BCUT2D eigenvalue weighted by Crippen LogP contribution is 2.34. The molecule has 0 radical (unpaired) electrons. The Morgan fingerprint density at radius 3 is 1.77 bits per heavy atom. The summed E-state index contributed by atoms with van der Waals surface area (Å²) in [7, 11) is 0. The van der Waals surface area contributed by atoms with Crippen molar-refractivity contribution >= 4 is 18.0 Å². The highest BCUT2D eigenvalue weighted by molar-refractivity contribution is 5.90. The predicted octanol–water partition coefficient (Wildman–Crippen LogP) is 4.40. The van der Waals surface area contributed by atoms with Crippen LogP contribution in [-0.2, 0) is 20.8 Å². The lowest BCUT2D eigenvalue weighted by atomic mass is 9.92. The van der Waals surface area contributed by atoms with Crippen LogP contribution < -0.4 is 0 Å². The Hall–Kier alpha value is -4.39. The Morgan fingerprint density at radius 1 is 0.714 bits per heavy atom. The highest BCUT2D eigenvalue weighted by atomic mass is 16.6. The molecule has 1 aliphatic heterocycles. The molecule has 35 heavy (non-hydrogen) atoms. The molecule has 0 bridgehead atoms. The van der Waals surface area contributed by atoms with E-state index in [-0.39, 0.29) is 6.54 Å². The van der Waals surface area contributed by atoms with E-state index in [2.05, 4.69) is 0 Å². The van der Waals surface area contributed by atoms with Gasteiger partial charge in [0.1, 0.15) is 12.1 Å². The van der Waals surface area contributed by atoms with E-state index in [1.165, 1.54) is 4.90 Å². The molecule has 7 heteroatoms. The molecular weight excluding hydrogens is 446 g/mol. The molecule has 0 N–H and O–H groups in total. The van der Waals surface area contributed by atoms with Gasteiger partial charge in [0.2, 0.25) is 0 Å². The van der Waals surface area contributed by atoms with Crippen LogP contribution in [0.5, 0.6) is 0 Å². The Morgan fingerprint density at radius 2 is 1.20 bits per heavy atom. The molecule has 5 rings (SSSR count). The van der Waals surface area contributed by atoms with Crippen molar-refractivity contribution in [2.45, 2.75) is 30.9 Å². The van der Waals surface area contributed by atoms with Crippen LogP contribution in [0, 0.1) is 0 Å². The van der Waals surface area contributed by atoms with E-state index >= 15 is 0 Å². The topological polar surface area (TPSA) is 82.1 Å². The highest BCUT2D eigenvalue weighted by Gasteiger charge is 2.53. The van der Waals surface area contributed by atoms with E-state index in [9.17, 15) is 14.4 Å². The molecule has 1 amide bonds. The first kappa shape index (κ1) is 22.4. The van der Waals surface area contributed by atoms with Crippen molar-refractivity contribution in [3.8, 4) is 0 Å². The number of esters is 2. The number of hydrogen-bond acceptors (Lipinski definition) is 6. The molecule has 0 unspecified atom stereocenters. The molecule has 3 aromatic carbocycles. The number of benzene rings is 3. The summed E-state index contributed by atoms with van der Waals surface area (Å²) in [5.74, 6) is -1.05. The lowest BCUT2D eigenvalue weighted by Crippen LogP contribution is -2.52. The Kier molecular flexibility index (Phi) is 6.30. The minimum atomic E-state index is -0.836. The van der Waals surface area contributed by atoms with Gasteiger partial charge < -0.3 is 14.2 Å². The van der Waals surface area contributed by atoms with Crippen molar-refractivity contribution in [2.75, 3.05) is 0 Å². The summed E-state index contributed by atoms with van der Waals surface area (Å²) in [5, 5.41) is 0. The quantitative estimate of drug-likeness (QED) is 0.302. The zero-order valence-corrected chi connectivity index (χ0v) is 18.7. The third kappa shape index (κ3) is 4.80. The maximum Gasteiger partial charge on any atom is 0.411 e. The second-order valence-electron chi connectivity index (χ2n) is 8.31. The van der Waals surface area contributed by atoms with Crippen LogP contribution in [-0.4, -0.2) is 47.3 Å². The molecule has 1 heterocycles. The van der Waals surface area contributed by atoms with Crippen molar-refractivity contribution in [1.82, 2.24) is 4.90 Å². The Bertz CT molecular complexity index is 1230. The number of carbonyl (C=O) groups is 3. The van der Waals surface area contributed by atoms with E-state index < -0.39 is 42.4 Å². The summed E-state index contributed by atoms with van der Waals surface area (Å²) < 4.78 is 17.2. The van der Waals surface area contributed by atoms with E-state index in [4.69, 9.17) is 14.2 Å². The summed E-state index contributed by atoms with van der Waals surface area (Å²) in [4.78, 5) is 40.0. The summed E-state index contributed by atoms with van der Waals surface area (Å²) >= 11 is 0. The molecule has 3 aromatic rings. The minimum absolute atomic E-state index is 0.257. The number of ether oxygens (including phenoxy) is 3. The number of fused-ring (bicyclic) bond motifs is 1. The van der Waals surface area contributed by atoms with Crippen molar-refractivity contribution in [2.24, 2.45) is 0 Å². The average Bonchev–Trinajstić information content (AvgIpc) is 3.23. The summed E-state index contributed by atoms with van der Waals surface area (Å²) in [6.07, 6.45) is 0.264. The van der Waals surface area contributed by atoms with Gasteiger partial charge in [-0.15, -0.1) is 0 Å². The smallest absolute Gasteiger partial charge is 0.411 e. The SMILES string of the molecule is O=C(O[C@H]1C=C[C@H](OC(=O)c2ccccc2)[C@H]2[C@@H]1OC(=O)N2Cc1ccccc1)c1ccccc1. The van der Waals surface area contributed by atoms with E-state index in [0.29, 0.717) is 11.1 Å². The predicted molar refractivity (Wildman–Crippen MR) is 126 cm³/mol. The van der Waals surface area contributed by atoms with E-state index in [1.807, 2.05) is 36.4 Å². The van der Waals surface area contributed by atoms with Gasteiger partial charge in [-0.1, -0.05) is 66.7 Å². The zero-order chi connectivity index (χ0) is 24.2. The maximum atomic E-state index is 12.9. The average molecular weight is 469 g/mol. The number of carbonyl (C=O) groups excluding carboxylic acids is 3. The van der Waals surface area contributed by atoms with Gasteiger partial charge in [-0.25, -0.2) is 14.4 Å². The first-order valence-electron chi connectivity index (χ1n) is 11.3. The lowest BCUT2D eigenvalue weighted by Gasteiger charge is -2.35. The normalized spacial score (nSPS) is 22.7. The molecule has 1 saturated heterocycles. The molecule has 7 nitrogen and oxygen atoms in total. The van der Waals surface area contributed by atoms with Gasteiger partial charge in [0.05, 0.1) is 11.1 Å². The summed E-state index contributed by atoms with van der Waals surface area (Å²) in [5.41, 5.74) is 1.68. The largest absolute Gasteiger partial charge is 0.452 e. The van der Waals surface area contributed by atoms with Crippen molar-refractivity contribution in [1.29, 1.82) is 0 Å². The van der Waals surface area contributed by atoms with Crippen LogP contribution in [0.15, 0.2) is 103 Å². The standard InChI is InChI=1S/C28H23NO6/c30-26(20-12-6-2-7-13-20)33-22-16-17-23(34-27(31)21-14-8-3-9-15-21)25-24(22)29(28(32)35-25)18-19-10-4-1-5-11-19/h1-17,22-25H,18H2/t22-,23-,24-,25+/m0/s1. The second-order valence-corrected chi connectivity index (χ2v) is 8.31. The number of amides is 1. The van der Waals surface area contributed by atoms with Crippen LogP contribution in [0.2, 0.25) is 0 Å². The number of hydrogen-bond donors (Lipinski definition) is 0. The maximum absolute atomic E-state index is 12.9. The van der Waals surface area contributed by atoms with E-state index in [1.54, 1.807) is 66.7 Å². The first-order chi connectivity index (χ1) is 17.1. The van der Waals surface area contributed by atoms with Gasteiger partial charge >= 0.3 is 18.0 Å². The minimum Gasteiger partial charge on any atom is -0.452 e. The third-order valence-corrected chi connectivity index (χ3v) is 6.02. The number of rotatable bonds is 6. The van der Waals surface area contributed by atoms with Crippen LogP contribution in [0.4, 0.5) is 4.79 Å². The van der Waals surface area contributed by atoms with Gasteiger partial charge in [-0.3, -0.25) is 4.90 Å². The second kappa shape index (κ2) is 9.85. The van der Waals surface area contributed by atoms with Crippen molar-refractivity contribution < 1.29 is 28.6 Å². The van der Waals surface area contributed by atoms with Crippen LogP contribution in [0.25, 0.3) is 0 Å². The molecule has 1 fully saturated rings. The molecule has 176 valence electrons. The summed E-state index contributed by atoms with van der Waals surface area (Å²) in [6.45, 7) is 0.257. The molecule has 0 aromatic heterocycles. The van der Waals surface area contributed by atoms with E-state index in [0.717, 1.165) is 5.56 Å². The van der Waals surface area contributed by atoms with Crippen LogP contribution in [0.1, 0.15) is 26.3 Å². The first-order valence-corrected chi connectivity index (χ1v) is 11.3. The monoisotopic (exact) mass is 469 g/mol. The van der Waals surface area contributed by atoms with Gasteiger partial charge in [-0.2, -0.15) is 0 Å². The van der Waals surface area contributed by atoms with Crippen LogP contribution in [0.3, 0.4) is 0 Å². The fraction of sp³-hybridized carbons (Fsp3) is 0.179. The fourth-order valence-corrected chi connectivity index (χ4v) is 4.32.